The molecule has 8 heteroatoms. The van der Waals surface area contributed by atoms with Crippen molar-refractivity contribution in [3.05, 3.63) is 75.2 Å². The molecular formula is C24H23BrClN3O3. The van der Waals surface area contributed by atoms with Gasteiger partial charge in [-0.25, -0.2) is 5.43 Å². The van der Waals surface area contributed by atoms with Crippen molar-refractivity contribution in [1.82, 2.24) is 10.3 Å². The topological polar surface area (TPSA) is 63.2 Å². The van der Waals surface area contributed by atoms with E-state index in [1.54, 1.807) is 12.3 Å². The molecule has 1 saturated heterocycles. The summed E-state index contributed by atoms with van der Waals surface area (Å²) < 4.78 is 12.0. The number of nitrogens with one attached hydrogen (secondary N) is 1. The number of amides is 1. The highest BCUT2D eigenvalue weighted by Crippen LogP contribution is 2.35. The molecule has 1 aliphatic heterocycles. The van der Waals surface area contributed by atoms with E-state index in [2.05, 4.69) is 44.7 Å². The van der Waals surface area contributed by atoms with Gasteiger partial charge in [0.2, 0.25) is 0 Å². The van der Waals surface area contributed by atoms with Crippen LogP contribution >= 0.6 is 27.5 Å². The first-order chi connectivity index (χ1) is 15.6. The monoisotopic (exact) mass is 515 g/mol. The highest BCUT2D eigenvalue weighted by Gasteiger charge is 2.14. The number of carbonyl (C=O) groups excluding carboxylic acids is 1. The molecule has 0 aliphatic carbocycles. The maximum atomic E-state index is 12.0. The fraction of sp³-hybridized carbons (Fsp3) is 0.250. The smallest absolute Gasteiger partial charge is 0.254 e. The first-order valence-corrected chi connectivity index (χ1v) is 11.5. The van der Waals surface area contributed by atoms with Crippen LogP contribution in [0.3, 0.4) is 0 Å². The van der Waals surface area contributed by atoms with Crippen molar-refractivity contribution >= 4 is 50.4 Å². The largest absolute Gasteiger partial charge is 0.486 e. The molecule has 1 N–H and O–H groups in total. The van der Waals surface area contributed by atoms with Gasteiger partial charge in [0.25, 0.3) is 5.91 Å². The number of morpholine rings is 1. The summed E-state index contributed by atoms with van der Waals surface area (Å²) in [6.07, 6.45) is 1.56. The Morgan fingerprint density at radius 1 is 1.19 bits per heavy atom. The van der Waals surface area contributed by atoms with Crippen LogP contribution in [0.4, 0.5) is 0 Å². The molecule has 0 radical (unpaired) electrons. The third kappa shape index (κ3) is 5.86. The van der Waals surface area contributed by atoms with Crippen LogP contribution in [0.5, 0.6) is 5.75 Å². The van der Waals surface area contributed by atoms with Gasteiger partial charge in [0.15, 0.2) is 5.75 Å². The maximum Gasteiger partial charge on any atom is 0.254 e. The zero-order valence-electron chi connectivity index (χ0n) is 17.4. The van der Waals surface area contributed by atoms with Crippen molar-refractivity contribution < 1.29 is 14.3 Å². The van der Waals surface area contributed by atoms with Crippen molar-refractivity contribution in [2.45, 2.75) is 6.61 Å². The number of hydrogen-bond acceptors (Lipinski definition) is 5. The standard InChI is InChI=1S/C24H23BrClN3O3/c25-21-12-17(14-27-28-23(30)15-29-8-10-31-11-9-29)13-22(26)24(21)32-16-19-6-3-5-18-4-1-2-7-20(18)19/h1-7,12-14H,8-11,15-16H2,(H,28,30)/b27-14+. The van der Waals surface area contributed by atoms with Gasteiger partial charge in [-0.05, 0) is 50.0 Å². The molecule has 1 aliphatic rings. The van der Waals surface area contributed by atoms with Gasteiger partial charge in [-0.15, -0.1) is 0 Å². The number of rotatable bonds is 7. The number of hydrogen-bond donors (Lipinski definition) is 1. The van der Waals surface area contributed by atoms with Crippen LogP contribution in [0.25, 0.3) is 10.8 Å². The van der Waals surface area contributed by atoms with E-state index < -0.39 is 0 Å². The number of hydrazone groups is 1. The van der Waals surface area contributed by atoms with Gasteiger partial charge >= 0.3 is 0 Å². The van der Waals surface area contributed by atoms with E-state index in [1.165, 1.54) is 5.39 Å². The predicted molar refractivity (Wildman–Crippen MR) is 130 cm³/mol. The summed E-state index contributed by atoms with van der Waals surface area (Å²) in [5.74, 6) is 0.399. The third-order valence-corrected chi connectivity index (χ3v) is 6.02. The van der Waals surface area contributed by atoms with Gasteiger partial charge in [-0.2, -0.15) is 5.10 Å². The molecule has 0 bridgehead atoms. The lowest BCUT2D eigenvalue weighted by atomic mass is 10.1. The molecule has 3 aromatic rings. The number of benzene rings is 3. The molecule has 0 saturated carbocycles. The SMILES string of the molecule is O=C(CN1CCOCC1)N/N=C/c1cc(Cl)c(OCc2cccc3ccccc23)c(Br)c1. The van der Waals surface area contributed by atoms with E-state index in [-0.39, 0.29) is 5.91 Å². The average molecular weight is 517 g/mol. The van der Waals surface area contributed by atoms with Gasteiger partial charge in [0, 0.05) is 13.1 Å². The summed E-state index contributed by atoms with van der Waals surface area (Å²) in [6, 6.07) is 17.9. The van der Waals surface area contributed by atoms with Crippen LogP contribution in [-0.2, 0) is 16.1 Å². The highest BCUT2D eigenvalue weighted by atomic mass is 79.9. The minimum atomic E-state index is -0.164. The van der Waals surface area contributed by atoms with Gasteiger partial charge in [0.1, 0.15) is 6.61 Å². The lowest BCUT2D eigenvalue weighted by Gasteiger charge is -2.25. The van der Waals surface area contributed by atoms with E-state index in [0.29, 0.717) is 41.6 Å². The quantitative estimate of drug-likeness (QED) is 0.368. The average Bonchev–Trinajstić information content (AvgIpc) is 2.79. The second-order valence-electron chi connectivity index (χ2n) is 7.42. The lowest BCUT2D eigenvalue weighted by Crippen LogP contribution is -2.42. The minimum absolute atomic E-state index is 0.164. The predicted octanol–water partition coefficient (Wildman–Crippen LogP) is 4.62. The first-order valence-electron chi connectivity index (χ1n) is 10.3. The summed E-state index contributed by atoms with van der Waals surface area (Å²) in [4.78, 5) is 14.1. The Hall–Kier alpha value is -2.45. The molecule has 0 aromatic heterocycles. The number of nitrogens with zero attached hydrogens (tertiary/aromatic N) is 2. The minimum Gasteiger partial charge on any atom is -0.486 e. The summed E-state index contributed by atoms with van der Waals surface area (Å²) in [6.45, 7) is 3.49. The van der Waals surface area contributed by atoms with Crippen molar-refractivity contribution in [3.8, 4) is 5.75 Å². The normalized spacial score (nSPS) is 14.7. The van der Waals surface area contributed by atoms with Crippen LogP contribution in [-0.4, -0.2) is 49.9 Å². The Kier molecular flexibility index (Phi) is 7.76. The zero-order chi connectivity index (χ0) is 22.3. The van der Waals surface area contributed by atoms with E-state index in [4.69, 9.17) is 21.1 Å². The molecule has 0 unspecified atom stereocenters. The number of carbonyl (C=O) groups is 1. The molecule has 166 valence electrons. The first kappa shape index (κ1) is 22.7. The van der Waals surface area contributed by atoms with Crippen LogP contribution in [0.2, 0.25) is 5.02 Å². The Morgan fingerprint density at radius 3 is 2.78 bits per heavy atom. The Balaban J connectivity index is 1.37. The Morgan fingerprint density at radius 2 is 1.97 bits per heavy atom. The molecular weight excluding hydrogens is 494 g/mol. The van der Waals surface area contributed by atoms with Crippen LogP contribution in [0.1, 0.15) is 11.1 Å². The van der Waals surface area contributed by atoms with Crippen molar-refractivity contribution in [2.24, 2.45) is 5.10 Å². The molecule has 1 heterocycles. The highest BCUT2D eigenvalue weighted by molar-refractivity contribution is 9.10. The molecule has 1 amide bonds. The fourth-order valence-electron chi connectivity index (χ4n) is 3.54. The molecule has 0 atom stereocenters. The van der Waals surface area contributed by atoms with Crippen molar-refractivity contribution in [1.29, 1.82) is 0 Å². The molecule has 3 aromatic carbocycles. The van der Waals surface area contributed by atoms with Crippen LogP contribution < -0.4 is 10.2 Å². The van der Waals surface area contributed by atoms with Gasteiger partial charge in [-0.3, -0.25) is 9.69 Å². The molecule has 1 fully saturated rings. The summed E-state index contributed by atoms with van der Waals surface area (Å²) in [7, 11) is 0. The van der Waals surface area contributed by atoms with E-state index >= 15 is 0 Å². The second kappa shape index (κ2) is 10.9. The summed E-state index contributed by atoms with van der Waals surface area (Å²) in [5.41, 5.74) is 4.38. The summed E-state index contributed by atoms with van der Waals surface area (Å²) in [5, 5.41) is 6.82. The van der Waals surface area contributed by atoms with Gasteiger partial charge in [0.05, 0.1) is 35.5 Å². The zero-order valence-corrected chi connectivity index (χ0v) is 19.7. The molecule has 6 nitrogen and oxygen atoms in total. The third-order valence-electron chi connectivity index (χ3n) is 5.15. The maximum absolute atomic E-state index is 12.0. The molecule has 4 rings (SSSR count). The van der Waals surface area contributed by atoms with Crippen molar-refractivity contribution in [2.75, 3.05) is 32.8 Å². The van der Waals surface area contributed by atoms with Crippen LogP contribution in [0.15, 0.2) is 64.2 Å². The Bertz CT molecular complexity index is 1100. The van der Waals surface area contributed by atoms with E-state index in [0.717, 1.165) is 29.6 Å². The van der Waals surface area contributed by atoms with E-state index in [9.17, 15) is 4.79 Å². The number of fused-ring (bicyclic) bond motifs is 1. The lowest BCUT2D eigenvalue weighted by molar-refractivity contribution is -0.123. The Labute approximate surface area is 200 Å². The number of halogens is 2. The molecule has 0 spiro atoms. The molecule has 32 heavy (non-hydrogen) atoms. The van der Waals surface area contributed by atoms with Crippen molar-refractivity contribution in [3.63, 3.8) is 0 Å². The van der Waals surface area contributed by atoms with E-state index in [1.807, 2.05) is 35.2 Å². The fourth-order valence-corrected chi connectivity index (χ4v) is 4.53. The number of ether oxygens (including phenoxy) is 2. The van der Waals surface area contributed by atoms with Gasteiger partial charge < -0.3 is 9.47 Å². The second-order valence-corrected chi connectivity index (χ2v) is 8.68. The van der Waals surface area contributed by atoms with Crippen LogP contribution in [0, 0.1) is 0 Å². The summed E-state index contributed by atoms with van der Waals surface area (Å²) >= 11 is 10.00. The van der Waals surface area contributed by atoms with Gasteiger partial charge in [-0.1, -0.05) is 54.1 Å².